The van der Waals surface area contributed by atoms with Crippen LogP contribution in [0.3, 0.4) is 0 Å². The van der Waals surface area contributed by atoms with Gasteiger partial charge in [0.15, 0.2) is 6.61 Å². The largest absolute Gasteiger partial charge is 0.482 e. The van der Waals surface area contributed by atoms with Gasteiger partial charge in [0.2, 0.25) is 5.91 Å². The lowest BCUT2D eigenvalue weighted by atomic mass is 10.2. The number of nitrogens with one attached hydrogen (secondary N) is 3. The van der Waals surface area contributed by atoms with E-state index in [1.165, 1.54) is 6.07 Å². The van der Waals surface area contributed by atoms with Crippen LogP contribution in [-0.2, 0) is 14.3 Å². The molecular weight excluding hydrogens is 445 g/mol. The van der Waals surface area contributed by atoms with Crippen molar-refractivity contribution in [1.29, 1.82) is 0 Å². The maximum atomic E-state index is 12.0. The molecule has 0 aliphatic rings. The molecule has 0 aromatic heterocycles. The molecule has 8 nitrogen and oxygen atoms in total. The van der Waals surface area contributed by atoms with Crippen LogP contribution in [0, 0.1) is 0 Å². The lowest BCUT2D eigenvalue weighted by Crippen LogP contribution is -2.37. The third-order valence-corrected chi connectivity index (χ3v) is 4.03. The van der Waals surface area contributed by atoms with Gasteiger partial charge in [-0.2, -0.15) is 0 Å². The number of ether oxygens (including phenoxy) is 2. The van der Waals surface area contributed by atoms with Crippen molar-refractivity contribution in [2.45, 2.75) is 26.4 Å². The van der Waals surface area contributed by atoms with Gasteiger partial charge in [-0.25, -0.2) is 4.79 Å². The Balaban J connectivity index is 1.77. The standard InChI is InChI=1S/C21H23Cl2N3O5/c1-21(2,3)31-20(29)24-11-18(27)25-14-5-7-15(8-6-14)26-19(28)12-30-17-9-4-13(22)10-16(17)23/h4-10H,11-12H2,1-3H3,(H,24,29)(H,25,27)(H,26,28). The quantitative estimate of drug-likeness (QED) is 0.556. The first-order chi connectivity index (χ1) is 14.5. The Kier molecular flexibility index (Phi) is 8.53. The van der Waals surface area contributed by atoms with E-state index in [2.05, 4.69) is 16.0 Å². The van der Waals surface area contributed by atoms with Crippen LogP contribution in [-0.4, -0.2) is 36.7 Å². The minimum atomic E-state index is -0.678. The van der Waals surface area contributed by atoms with Gasteiger partial charge in [-0.1, -0.05) is 23.2 Å². The molecule has 0 aliphatic heterocycles. The fourth-order valence-corrected chi connectivity index (χ4v) is 2.70. The van der Waals surface area contributed by atoms with Crippen molar-refractivity contribution in [1.82, 2.24) is 5.32 Å². The highest BCUT2D eigenvalue weighted by molar-refractivity contribution is 6.35. The Morgan fingerprint density at radius 1 is 0.903 bits per heavy atom. The molecule has 0 atom stereocenters. The predicted molar refractivity (Wildman–Crippen MR) is 120 cm³/mol. The van der Waals surface area contributed by atoms with Crippen LogP contribution in [0.5, 0.6) is 5.75 Å². The van der Waals surface area contributed by atoms with E-state index < -0.39 is 17.6 Å². The van der Waals surface area contributed by atoms with Crippen molar-refractivity contribution in [3.63, 3.8) is 0 Å². The van der Waals surface area contributed by atoms with Gasteiger partial charge in [-0.15, -0.1) is 0 Å². The number of hydrogen-bond acceptors (Lipinski definition) is 5. The second-order valence-corrected chi connectivity index (χ2v) is 8.24. The minimum absolute atomic E-state index is 0.238. The summed E-state index contributed by atoms with van der Waals surface area (Å²) in [4.78, 5) is 35.5. The van der Waals surface area contributed by atoms with Crippen LogP contribution in [0.15, 0.2) is 42.5 Å². The van der Waals surface area contributed by atoms with Gasteiger partial charge >= 0.3 is 6.09 Å². The first-order valence-electron chi connectivity index (χ1n) is 9.26. The summed E-state index contributed by atoms with van der Waals surface area (Å²) in [5, 5.41) is 8.44. The lowest BCUT2D eigenvalue weighted by Gasteiger charge is -2.19. The first-order valence-corrected chi connectivity index (χ1v) is 10.0. The first kappa shape index (κ1) is 24.3. The molecule has 0 bridgehead atoms. The van der Waals surface area contributed by atoms with E-state index >= 15 is 0 Å². The summed E-state index contributed by atoms with van der Waals surface area (Å²) < 4.78 is 10.4. The van der Waals surface area contributed by atoms with Gasteiger partial charge in [0, 0.05) is 16.4 Å². The van der Waals surface area contributed by atoms with Crippen LogP contribution < -0.4 is 20.7 Å². The van der Waals surface area contributed by atoms with Crippen molar-refractivity contribution in [2.75, 3.05) is 23.8 Å². The molecule has 2 aromatic rings. The lowest BCUT2D eigenvalue weighted by molar-refractivity contribution is -0.118. The fourth-order valence-electron chi connectivity index (χ4n) is 2.24. The number of halogens is 2. The van der Waals surface area contributed by atoms with E-state index in [1.807, 2.05) is 0 Å². The zero-order chi connectivity index (χ0) is 23.0. The monoisotopic (exact) mass is 467 g/mol. The van der Waals surface area contributed by atoms with E-state index in [0.29, 0.717) is 27.2 Å². The molecule has 166 valence electrons. The van der Waals surface area contributed by atoms with Gasteiger partial charge in [-0.3, -0.25) is 9.59 Å². The molecule has 0 saturated heterocycles. The molecule has 0 unspecified atom stereocenters. The van der Waals surface area contributed by atoms with E-state index in [9.17, 15) is 14.4 Å². The molecular formula is C21H23Cl2N3O5. The maximum Gasteiger partial charge on any atom is 0.408 e. The van der Waals surface area contributed by atoms with Crippen molar-refractivity contribution >= 4 is 52.5 Å². The number of anilines is 2. The molecule has 3 amide bonds. The van der Waals surface area contributed by atoms with Crippen LogP contribution in [0.2, 0.25) is 10.0 Å². The smallest absolute Gasteiger partial charge is 0.408 e. The van der Waals surface area contributed by atoms with Crippen LogP contribution in [0.25, 0.3) is 0 Å². The predicted octanol–water partition coefficient (Wildman–Crippen LogP) is 4.47. The molecule has 2 rings (SSSR count). The maximum absolute atomic E-state index is 12.0. The molecule has 10 heteroatoms. The van der Waals surface area contributed by atoms with Gasteiger partial charge < -0.3 is 25.4 Å². The Hall–Kier alpha value is -2.97. The number of carbonyl (C=O) groups excluding carboxylic acids is 3. The topological polar surface area (TPSA) is 106 Å². The highest BCUT2D eigenvalue weighted by Gasteiger charge is 2.16. The summed E-state index contributed by atoms with van der Waals surface area (Å²) in [7, 11) is 0. The van der Waals surface area contributed by atoms with Gasteiger partial charge in [-0.05, 0) is 63.2 Å². The summed E-state index contributed by atoms with van der Waals surface area (Å²) in [6, 6.07) is 11.2. The average molecular weight is 468 g/mol. The third-order valence-electron chi connectivity index (χ3n) is 3.50. The van der Waals surface area contributed by atoms with Crippen molar-refractivity contribution in [3.05, 3.63) is 52.5 Å². The molecule has 0 spiro atoms. The second-order valence-electron chi connectivity index (χ2n) is 7.39. The van der Waals surface area contributed by atoms with E-state index in [0.717, 1.165) is 0 Å². The summed E-state index contributed by atoms with van der Waals surface area (Å²) in [5.74, 6) is -0.459. The SMILES string of the molecule is CC(C)(C)OC(=O)NCC(=O)Nc1ccc(NC(=O)COc2ccc(Cl)cc2Cl)cc1. The summed E-state index contributed by atoms with van der Waals surface area (Å²) in [6.45, 7) is 4.71. The summed E-state index contributed by atoms with van der Waals surface area (Å²) in [6.07, 6.45) is -0.678. The van der Waals surface area contributed by atoms with E-state index in [4.69, 9.17) is 32.7 Å². The second kappa shape index (κ2) is 10.9. The minimum Gasteiger partial charge on any atom is -0.482 e. The number of amides is 3. The summed E-state index contributed by atoms with van der Waals surface area (Å²) >= 11 is 11.8. The van der Waals surface area contributed by atoms with Crippen molar-refractivity contribution < 1.29 is 23.9 Å². The Morgan fingerprint density at radius 3 is 2.03 bits per heavy atom. The van der Waals surface area contributed by atoms with Gasteiger partial charge in [0.1, 0.15) is 17.9 Å². The van der Waals surface area contributed by atoms with Crippen LogP contribution in [0.1, 0.15) is 20.8 Å². The molecule has 0 saturated carbocycles. The molecule has 0 fully saturated rings. The average Bonchev–Trinajstić information content (AvgIpc) is 2.66. The Bertz CT molecular complexity index is 943. The number of rotatable bonds is 7. The molecule has 3 N–H and O–H groups in total. The zero-order valence-electron chi connectivity index (χ0n) is 17.3. The Morgan fingerprint density at radius 2 is 1.48 bits per heavy atom. The van der Waals surface area contributed by atoms with Gasteiger partial charge in [0.25, 0.3) is 5.91 Å². The fraction of sp³-hybridized carbons (Fsp3) is 0.286. The van der Waals surface area contributed by atoms with Crippen molar-refractivity contribution in [3.8, 4) is 5.75 Å². The molecule has 31 heavy (non-hydrogen) atoms. The third kappa shape index (κ3) is 9.15. The number of benzene rings is 2. The molecule has 2 aromatic carbocycles. The molecule has 0 heterocycles. The van der Waals surface area contributed by atoms with Crippen LogP contribution in [0.4, 0.5) is 16.2 Å². The highest BCUT2D eigenvalue weighted by Crippen LogP contribution is 2.27. The number of hydrogen-bond donors (Lipinski definition) is 3. The molecule has 0 aliphatic carbocycles. The van der Waals surface area contributed by atoms with Crippen LogP contribution >= 0.6 is 23.2 Å². The number of carbonyl (C=O) groups is 3. The van der Waals surface area contributed by atoms with Crippen molar-refractivity contribution in [2.24, 2.45) is 0 Å². The Labute approximate surface area is 190 Å². The van der Waals surface area contributed by atoms with E-state index in [-0.39, 0.29) is 19.1 Å². The number of alkyl carbamates (subject to hydrolysis) is 1. The molecule has 0 radical (unpaired) electrons. The summed E-state index contributed by atoms with van der Waals surface area (Å²) in [5.41, 5.74) is 0.367. The zero-order valence-corrected chi connectivity index (χ0v) is 18.8. The van der Waals surface area contributed by atoms with Gasteiger partial charge in [0.05, 0.1) is 5.02 Å². The van der Waals surface area contributed by atoms with E-state index in [1.54, 1.807) is 57.2 Å². The normalized spacial score (nSPS) is 10.7. The highest BCUT2D eigenvalue weighted by atomic mass is 35.5.